The van der Waals surface area contributed by atoms with Crippen LogP contribution in [0.3, 0.4) is 0 Å². The Morgan fingerprint density at radius 2 is 1.91 bits per heavy atom. The Labute approximate surface area is 189 Å². The van der Waals surface area contributed by atoms with Crippen molar-refractivity contribution in [2.75, 3.05) is 27.7 Å². The van der Waals surface area contributed by atoms with Crippen LogP contribution in [-0.4, -0.2) is 59.2 Å². The molecule has 0 aliphatic rings. The molecule has 3 aromatic rings. The van der Waals surface area contributed by atoms with Gasteiger partial charge in [0.15, 0.2) is 11.8 Å². The van der Waals surface area contributed by atoms with E-state index in [0.717, 1.165) is 34.8 Å². The van der Waals surface area contributed by atoms with Crippen molar-refractivity contribution in [1.29, 1.82) is 0 Å². The number of pyridine rings is 1. The molecule has 0 unspecified atom stereocenters. The van der Waals surface area contributed by atoms with Gasteiger partial charge in [-0.2, -0.15) is 5.10 Å². The lowest BCUT2D eigenvalue weighted by Crippen LogP contribution is -2.37. The quantitative estimate of drug-likeness (QED) is 0.442. The van der Waals surface area contributed by atoms with Crippen molar-refractivity contribution in [2.24, 2.45) is 4.99 Å². The van der Waals surface area contributed by atoms with Crippen LogP contribution >= 0.6 is 0 Å². The normalized spacial score (nSPS) is 11.3. The van der Waals surface area contributed by atoms with E-state index < -0.39 is 0 Å². The summed E-state index contributed by atoms with van der Waals surface area (Å²) >= 11 is 0. The molecule has 0 aliphatic carbocycles. The highest BCUT2D eigenvalue weighted by Crippen LogP contribution is 2.10. The zero-order valence-corrected chi connectivity index (χ0v) is 19.4. The number of rotatable bonds is 7. The van der Waals surface area contributed by atoms with E-state index in [1.54, 1.807) is 26.0 Å². The Morgan fingerprint density at radius 1 is 1.09 bits per heavy atom. The Hall–Kier alpha value is -3.68. The molecule has 0 saturated heterocycles. The molecule has 0 spiro atoms. The molecule has 1 amide bonds. The zero-order chi connectivity index (χ0) is 23.1. The SMILES string of the molecule is CN=C(NCCc1cccc(C(=O)N(C)C)c1)NCc1ccc(-n2nc(C)cc2C)nc1. The fraction of sp³-hybridized carbons (Fsp3) is 0.333. The molecule has 0 radical (unpaired) electrons. The summed E-state index contributed by atoms with van der Waals surface area (Å²) in [4.78, 5) is 22.5. The lowest BCUT2D eigenvalue weighted by Gasteiger charge is -2.13. The number of guanidine groups is 1. The number of hydrogen-bond acceptors (Lipinski definition) is 4. The van der Waals surface area contributed by atoms with Gasteiger partial charge >= 0.3 is 0 Å². The number of amides is 1. The number of carbonyl (C=O) groups is 1. The third kappa shape index (κ3) is 5.94. The Kier molecular flexibility index (Phi) is 7.59. The average molecular weight is 434 g/mol. The average Bonchev–Trinajstić information content (AvgIpc) is 3.13. The fourth-order valence-electron chi connectivity index (χ4n) is 3.36. The van der Waals surface area contributed by atoms with Crippen LogP contribution < -0.4 is 10.6 Å². The van der Waals surface area contributed by atoms with Crippen LogP contribution in [-0.2, 0) is 13.0 Å². The smallest absolute Gasteiger partial charge is 0.253 e. The lowest BCUT2D eigenvalue weighted by atomic mass is 10.1. The number of nitrogens with zero attached hydrogens (tertiary/aromatic N) is 5. The number of carbonyl (C=O) groups excluding carboxylic acids is 1. The first kappa shape index (κ1) is 23.0. The molecule has 8 nitrogen and oxygen atoms in total. The summed E-state index contributed by atoms with van der Waals surface area (Å²) in [5, 5.41) is 11.1. The van der Waals surface area contributed by atoms with Crippen molar-refractivity contribution in [3.8, 4) is 5.82 Å². The number of aromatic nitrogens is 3. The third-order valence-corrected chi connectivity index (χ3v) is 5.01. The van der Waals surface area contributed by atoms with Crippen molar-refractivity contribution in [3.63, 3.8) is 0 Å². The second kappa shape index (κ2) is 10.6. The Morgan fingerprint density at radius 3 is 2.53 bits per heavy atom. The second-order valence-corrected chi connectivity index (χ2v) is 7.87. The predicted molar refractivity (Wildman–Crippen MR) is 127 cm³/mol. The summed E-state index contributed by atoms with van der Waals surface area (Å²) < 4.78 is 1.84. The van der Waals surface area contributed by atoms with Crippen LogP contribution in [0.4, 0.5) is 0 Å². The predicted octanol–water partition coefficient (Wildman–Crippen LogP) is 2.49. The first-order valence-electron chi connectivity index (χ1n) is 10.6. The molecule has 2 aromatic heterocycles. The molecule has 168 valence electrons. The monoisotopic (exact) mass is 433 g/mol. The summed E-state index contributed by atoms with van der Waals surface area (Å²) in [7, 11) is 5.26. The van der Waals surface area contributed by atoms with Crippen molar-refractivity contribution in [1.82, 2.24) is 30.3 Å². The summed E-state index contributed by atoms with van der Waals surface area (Å²) in [5.41, 5.74) is 4.88. The van der Waals surface area contributed by atoms with Crippen molar-refractivity contribution in [3.05, 3.63) is 76.7 Å². The molecule has 32 heavy (non-hydrogen) atoms. The van der Waals surface area contributed by atoms with Gasteiger partial charge in [-0.25, -0.2) is 9.67 Å². The van der Waals surface area contributed by atoms with Crippen LogP contribution in [0.25, 0.3) is 5.82 Å². The first-order chi connectivity index (χ1) is 15.4. The summed E-state index contributed by atoms with van der Waals surface area (Å²) in [6.45, 7) is 5.30. The van der Waals surface area contributed by atoms with Crippen LogP contribution in [0, 0.1) is 13.8 Å². The summed E-state index contributed by atoms with van der Waals surface area (Å²) in [6.07, 6.45) is 2.63. The first-order valence-corrected chi connectivity index (χ1v) is 10.6. The molecule has 0 atom stereocenters. The van der Waals surface area contributed by atoms with Gasteiger partial charge in [-0.15, -0.1) is 0 Å². The van der Waals surface area contributed by atoms with E-state index in [9.17, 15) is 4.79 Å². The summed E-state index contributed by atoms with van der Waals surface area (Å²) in [6, 6.07) is 13.8. The van der Waals surface area contributed by atoms with Gasteiger partial charge in [0.1, 0.15) is 0 Å². The minimum atomic E-state index is 0.00904. The van der Waals surface area contributed by atoms with E-state index in [2.05, 4.69) is 25.7 Å². The van der Waals surface area contributed by atoms with Crippen molar-refractivity contribution < 1.29 is 4.79 Å². The molecule has 3 rings (SSSR count). The highest BCUT2D eigenvalue weighted by atomic mass is 16.2. The molecule has 0 fully saturated rings. The highest BCUT2D eigenvalue weighted by molar-refractivity contribution is 5.94. The molecular formula is C24H31N7O. The minimum absolute atomic E-state index is 0.00904. The van der Waals surface area contributed by atoms with Gasteiger partial charge in [0.05, 0.1) is 5.69 Å². The molecule has 1 aromatic carbocycles. The molecule has 8 heteroatoms. The molecule has 0 saturated carbocycles. The van der Waals surface area contributed by atoms with Crippen molar-refractivity contribution in [2.45, 2.75) is 26.8 Å². The van der Waals surface area contributed by atoms with Gasteiger partial charge in [-0.3, -0.25) is 9.79 Å². The maximum absolute atomic E-state index is 12.1. The molecule has 0 aliphatic heterocycles. The molecule has 0 bridgehead atoms. The maximum Gasteiger partial charge on any atom is 0.253 e. The van der Waals surface area contributed by atoms with E-state index in [1.165, 1.54) is 0 Å². The van der Waals surface area contributed by atoms with E-state index in [0.29, 0.717) is 24.6 Å². The van der Waals surface area contributed by atoms with Gasteiger partial charge in [-0.05, 0) is 55.7 Å². The number of aliphatic imine (C=N–C) groups is 1. The molecule has 2 heterocycles. The summed E-state index contributed by atoms with van der Waals surface area (Å²) in [5.74, 6) is 1.53. The van der Waals surface area contributed by atoms with Crippen LogP contribution in [0.15, 0.2) is 53.7 Å². The Bertz CT molecular complexity index is 1080. The van der Waals surface area contributed by atoms with Gasteiger partial charge in [0, 0.05) is 51.7 Å². The topological polar surface area (TPSA) is 87.4 Å². The fourth-order valence-corrected chi connectivity index (χ4v) is 3.36. The van der Waals surface area contributed by atoms with Gasteiger partial charge in [-0.1, -0.05) is 18.2 Å². The van der Waals surface area contributed by atoms with E-state index in [-0.39, 0.29) is 5.91 Å². The van der Waals surface area contributed by atoms with Crippen LogP contribution in [0.1, 0.15) is 32.9 Å². The maximum atomic E-state index is 12.1. The van der Waals surface area contributed by atoms with Gasteiger partial charge in [0.25, 0.3) is 5.91 Å². The molecule has 2 N–H and O–H groups in total. The number of benzene rings is 1. The van der Waals surface area contributed by atoms with E-state index in [4.69, 9.17) is 0 Å². The molecular weight excluding hydrogens is 402 g/mol. The van der Waals surface area contributed by atoms with Gasteiger partial charge in [0.2, 0.25) is 0 Å². The third-order valence-electron chi connectivity index (χ3n) is 5.01. The number of aryl methyl sites for hydroxylation is 2. The van der Waals surface area contributed by atoms with Gasteiger partial charge < -0.3 is 15.5 Å². The number of nitrogens with one attached hydrogen (secondary N) is 2. The number of hydrogen-bond donors (Lipinski definition) is 2. The largest absolute Gasteiger partial charge is 0.356 e. The second-order valence-electron chi connectivity index (χ2n) is 7.87. The standard InChI is InChI=1S/C24H31N7O/c1-17-13-18(2)31(29-17)22-10-9-20(15-27-22)16-28-24(25-3)26-12-11-19-7-6-8-21(14-19)23(32)30(4)5/h6-10,13-15H,11-12,16H2,1-5H3,(H2,25,26,28). The Balaban J connectivity index is 1.50. The van der Waals surface area contributed by atoms with Crippen LogP contribution in [0.5, 0.6) is 0 Å². The van der Waals surface area contributed by atoms with E-state index >= 15 is 0 Å². The van der Waals surface area contributed by atoms with E-state index in [1.807, 2.05) is 67.2 Å². The van der Waals surface area contributed by atoms with Crippen LogP contribution in [0.2, 0.25) is 0 Å². The minimum Gasteiger partial charge on any atom is -0.356 e. The van der Waals surface area contributed by atoms with Crippen molar-refractivity contribution >= 4 is 11.9 Å². The lowest BCUT2D eigenvalue weighted by molar-refractivity contribution is 0.0827. The zero-order valence-electron chi connectivity index (χ0n) is 19.4. The highest BCUT2D eigenvalue weighted by Gasteiger charge is 2.08.